The lowest BCUT2D eigenvalue weighted by molar-refractivity contribution is 0.0924. The summed E-state index contributed by atoms with van der Waals surface area (Å²) < 4.78 is 0. The third kappa shape index (κ3) is 2.75. The van der Waals surface area contributed by atoms with Gasteiger partial charge in [-0.1, -0.05) is 13.0 Å². The predicted octanol–water partition coefficient (Wildman–Crippen LogP) is 3.09. The van der Waals surface area contributed by atoms with Crippen LogP contribution in [0.4, 0.5) is 0 Å². The summed E-state index contributed by atoms with van der Waals surface area (Å²) in [6.45, 7) is 10.7. The maximum absolute atomic E-state index is 12.4. The van der Waals surface area contributed by atoms with Crippen molar-refractivity contribution in [2.24, 2.45) is 11.7 Å². The Hall–Kier alpha value is -1.15. The predicted molar refractivity (Wildman–Crippen MR) is 72.6 cm³/mol. The number of benzene rings is 1. The van der Waals surface area contributed by atoms with E-state index >= 15 is 0 Å². The molecule has 1 aromatic carbocycles. The number of hydrogen-bond acceptors (Lipinski definition) is 2. The Bertz CT molecular complexity index is 409. The average Bonchev–Trinajstić information content (AvgIpc) is 2.27. The van der Waals surface area contributed by atoms with Crippen LogP contribution in [0.15, 0.2) is 6.07 Å². The summed E-state index contributed by atoms with van der Waals surface area (Å²) in [4.78, 5) is 12.4. The van der Waals surface area contributed by atoms with Gasteiger partial charge in [-0.3, -0.25) is 4.79 Å². The third-order valence-electron chi connectivity index (χ3n) is 3.66. The molecule has 2 N–H and O–H groups in total. The highest BCUT2D eigenvalue weighted by molar-refractivity contribution is 6.00. The van der Waals surface area contributed by atoms with Gasteiger partial charge < -0.3 is 5.73 Å². The lowest BCUT2D eigenvalue weighted by Crippen LogP contribution is -2.18. The van der Waals surface area contributed by atoms with Crippen LogP contribution in [-0.4, -0.2) is 12.3 Å². The van der Waals surface area contributed by atoms with Crippen molar-refractivity contribution in [1.29, 1.82) is 0 Å². The zero-order chi connectivity index (χ0) is 13.2. The molecule has 2 heteroatoms. The van der Waals surface area contributed by atoms with Crippen LogP contribution in [0.5, 0.6) is 0 Å². The first-order valence-corrected chi connectivity index (χ1v) is 6.21. The van der Waals surface area contributed by atoms with Gasteiger partial charge in [-0.05, 0) is 62.9 Å². The first-order valence-electron chi connectivity index (χ1n) is 6.21. The van der Waals surface area contributed by atoms with E-state index in [1.54, 1.807) is 0 Å². The second kappa shape index (κ2) is 5.46. The largest absolute Gasteiger partial charge is 0.330 e. The normalized spacial score (nSPS) is 12.6. The molecule has 94 valence electrons. The van der Waals surface area contributed by atoms with E-state index in [9.17, 15) is 4.79 Å². The highest BCUT2D eigenvalue weighted by Crippen LogP contribution is 2.25. The fourth-order valence-electron chi connectivity index (χ4n) is 2.21. The Morgan fingerprint density at radius 3 is 2.06 bits per heavy atom. The summed E-state index contributed by atoms with van der Waals surface area (Å²) in [5.41, 5.74) is 11.0. The van der Waals surface area contributed by atoms with Crippen molar-refractivity contribution in [3.63, 3.8) is 0 Å². The van der Waals surface area contributed by atoms with Crippen LogP contribution in [0.25, 0.3) is 0 Å². The third-order valence-corrected chi connectivity index (χ3v) is 3.66. The van der Waals surface area contributed by atoms with Crippen LogP contribution >= 0.6 is 0 Å². The molecule has 0 aromatic heterocycles. The fraction of sp³-hybridized carbons (Fsp3) is 0.533. The number of carbonyl (C=O) groups is 1. The van der Waals surface area contributed by atoms with E-state index in [4.69, 9.17) is 5.73 Å². The van der Waals surface area contributed by atoms with E-state index in [0.717, 1.165) is 23.1 Å². The topological polar surface area (TPSA) is 43.1 Å². The number of aryl methyl sites for hydroxylation is 2. The van der Waals surface area contributed by atoms with Crippen LogP contribution < -0.4 is 5.73 Å². The van der Waals surface area contributed by atoms with Gasteiger partial charge in [-0.25, -0.2) is 0 Å². The van der Waals surface area contributed by atoms with E-state index in [-0.39, 0.29) is 11.7 Å². The zero-order valence-corrected chi connectivity index (χ0v) is 11.6. The lowest BCUT2D eigenvalue weighted by atomic mass is 9.86. The van der Waals surface area contributed by atoms with Gasteiger partial charge >= 0.3 is 0 Å². The molecule has 0 saturated carbocycles. The Morgan fingerprint density at radius 1 is 1.18 bits per heavy atom. The minimum absolute atomic E-state index is 0.0126. The van der Waals surface area contributed by atoms with E-state index in [1.807, 2.05) is 20.8 Å². The highest BCUT2D eigenvalue weighted by atomic mass is 16.1. The van der Waals surface area contributed by atoms with E-state index in [0.29, 0.717) is 6.54 Å². The molecular formula is C15H23NO. The molecule has 1 aromatic rings. The van der Waals surface area contributed by atoms with Crippen molar-refractivity contribution in [2.45, 2.75) is 41.0 Å². The monoisotopic (exact) mass is 233 g/mol. The molecule has 0 fully saturated rings. The van der Waals surface area contributed by atoms with Crippen LogP contribution in [0.3, 0.4) is 0 Å². The molecule has 0 radical (unpaired) electrons. The number of rotatable bonds is 4. The lowest BCUT2D eigenvalue weighted by Gasteiger charge is -2.17. The van der Waals surface area contributed by atoms with Crippen molar-refractivity contribution >= 4 is 5.78 Å². The molecule has 0 heterocycles. The fourth-order valence-corrected chi connectivity index (χ4v) is 2.21. The second-order valence-electron chi connectivity index (χ2n) is 4.98. The number of Topliss-reactive ketones (excluding diaryl/α,β-unsaturated/α-hetero) is 1. The standard InChI is InChI=1S/C15H23NO/c1-9(6-7-16)15(17)14-12(4)10(2)8-11(3)13(14)5/h8-9H,6-7,16H2,1-5H3. The van der Waals surface area contributed by atoms with Crippen LogP contribution in [-0.2, 0) is 0 Å². The van der Waals surface area contributed by atoms with Crippen molar-refractivity contribution < 1.29 is 4.79 Å². The molecular weight excluding hydrogens is 210 g/mol. The molecule has 0 aliphatic carbocycles. The molecule has 2 nitrogen and oxygen atoms in total. The molecule has 0 spiro atoms. The van der Waals surface area contributed by atoms with E-state index in [1.165, 1.54) is 11.1 Å². The quantitative estimate of drug-likeness (QED) is 0.812. The SMILES string of the molecule is Cc1cc(C)c(C)c(C(=O)C(C)CCN)c1C. The molecule has 0 aliphatic rings. The Labute approximate surface area is 104 Å². The summed E-state index contributed by atoms with van der Waals surface area (Å²) in [6.07, 6.45) is 0.755. The summed E-state index contributed by atoms with van der Waals surface area (Å²) in [6, 6.07) is 2.15. The van der Waals surface area contributed by atoms with Gasteiger partial charge in [-0.2, -0.15) is 0 Å². The maximum Gasteiger partial charge on any atom is 0.166 e. The van der Waals surface area contributed by atoms with Gasteiger partial charge in [-0.15, -0.1) is 0 Å². The Balaban J connectivity index is 3.26. The number of ketones is 1. The van der Waals surface area contributed by atoms with Gasteiger partial charge in [0.1, 0.15) is 0 Å². The Morgan fingerprint density at radius 2 is 1.65 bits per heavy atom. The van der Waals surface area contributed by atoms with Crippen molar-refractivity contribution in [3.8, 4) is 0 Å². The van der Waals surface area contributed by atoms with Gasteiger partial charge in [0.15, 0.2) is 5.78 Å². The summed E-state index contributed by atoms with van der Waals surface area (Å²) in [7, 11) is 0. The van der Waals surface area contributed by atoms with Gasteiger partial charge in [0, 0.05) is 11.5 Å². The van der Waals surface area contributed by atoms with Crippen LogP contribution in [0.2, 0.25) is 0 Å². The number of carbonyl (C=O) groups excluding carboxylic acids is 1. The van der Waals surface area contributed by atoms with Crippen LogP contribution in [0.1, 0.15) is 46.0 Å². The van der Waals surface area contributed by atoms with E-state index in [2.05, 4.69) is 19.9 Å². The van der Waals surface area contributed by atoms with E-state index < -0.39 is 0 Å². The number of hydrogen-bond donors (Lipinski definition) is 1. The average molecular weight is 233 g/mol. The first kappa shape index (κ1) is 13.9. The summed E-state index contributed by atoms with van der Waals surface area (Å²) in [5.74, 6) is 0.246. The summed E-state index contributed by atoms with van der Waals surface area (Å²) >= 11 is 0. The first-order chi connectivity index (χ1) is 7.90. The molecule has 1 atom stereocenters. The summed E-state index contributed by atoms with van der Waals surface area (Å²) in [5, 5.41) is 0. The molecule has 0 amide bonds. The minimum atomic E-state index is 0.0126. The zero-order valence-electron chi connectivity index (χ0n) is 11.6. The van der Waals surface area contributed by atoms with Crippen molar-refractivity contribution in [3.05, 3.63) is 33.9 Å². The highest BCUT2D eigenvalue weighted by Gasteiger charge is 2.20. The van der Waals surface area contributed by atoms with Crippen molar-refractivity contribution in [1.82, 2.24) is 0 Å². The molecule has 1 rings (SSSR count). The molecule has 17 heavy (non-hydrogen) atoms. The van der Waals surface area contributed by atoms with Gasteiger partial charge in [0.25, 0.3) is 0 Å². The molecule has 0 bridgehead atoms. The minimum Gasteiger partial charge on any atom is -0.330 e. The molecule has 0 saturated heterocycles. The number of nitrogens with two attached hydrogens (primary N) is 1. The maximum atomic E-state index is 12.4. The Kier molecular flexibility index (Phi) is 4.47. The van der Waals surface area contributed by atoms with Crippen molar-refractivity contribution in [2.75, 3.05) is 6.54 Å². The van der Waals surface area contributed by atoms with Gasteiger partial charge in [0.05, 0.1) is 0 Å². The molecule has 1 unspecified atom stereocenters. The van der Waals surface area contributed by atoms with Crippen LogP contribution in [0, 0.1) is 33.6 Å². The van der Waals surface area contributed by atoms with Gasteiger partial charge in [0.2, 0.25) is 0 Å². The second-order valence-corrected chi connectivity index (χ2v) is 4.98. The molecule has 0 aliphatic heterocycles. The smallest absolute Gasteiger partial charge is 0.166 e.